The summed E-state index contributed by atoms with van der Waals surface area (Å²) in [6.45, 7) is 0. The number of carbonyl (C=O) groups is 4. The smallest absolute Gasteiger partial charge is 0.258 e. The van der Waals surface area contributed by atoms with Crippen molar-refractivity contribution in [3.8, 4) is 23.0 Å². The number of rotatable bonds is 8. The molecule has 17 heteroatoms. The van der Waals surface area contributed by atoms with E-state index in [0.29, 0.717) is 17.1 Å². The number of ether oxygens (including phenoxy) is 3. The molecule has 4 amide bonds. The Labute approximate surface area is 348 Å². The number of hydrogen-bond donors (Lipinski definition) is 1. The Bertz CT molecular complexity index is 2580. The van der Waals surface area contributed by atoms with Crippen LogP contribution >= 0.6 is 23.2 Å². The van der Waals surface area contributed by atoms with Crippen LogP contribution in [0.15, 0.2) is 72.3 Å². The number of benzene rings is 4. The van der Waals surface area contributed by atoms with Gasteiger partial charge < -0.3 is 19.3 Å². The van der Waals surface area contributed by atoms with Crippen molar-refractivity contribution in [1.82, 2.24) is 0 Å². The minimum absolute atomic E-state index is 0.0907. The molecule has 2 aliphatic heterocycles. The highest BCUT2D eigenvalue weighted by molar-refractivity contribution is 6.58. The summed E-state index contributed by atoms with van der Waals surface area (Å²) < 4.78 is 90.3. The van der Waals surface area contributed by atoms with Gasteiger partial charge in [0.2, 0.25) is 17.6 Å². The number of phenolic OH excluding ortho intramolecular Hbond substituents is 1. The van der Waals surface area contributed by atoms with E-state index in [9.17, 15) is 37.5 Å². The molecule has 0 spiro atoms. The highest BCUT2D eigenvalue weighted by Gasteiger charge is 2.77. The summed E-state index contributed by atoms with van der Waals surface area (Å²) in [6, 6.07) is 15.7. The van der Waals surface area contributed by atoms with E-state index in [1.54, 1.807) is 54.6 Å². The first-order valence-corrected chi connectivity index (χ1v) is 19.0. The van der Waals surface area contributed by atoms with Gasteiger partial charge in [-0.25, -0.2) is 26.9 Å². The van der Waals surface area contributed by atoms with Crippen LogP contribution in [0.25, 0.3) is 12.2 Å². The lowest BCUT2D eigenvalue weighted by Gasteiger charge is -2.50. The zero-order valence-electron chi connectivity index (χ0n) is 31.6. The van der Waals surface area contributed by atoms with Gasteiger partial charge in [0.15, 0.2) is 33.0 Å². The molecule has 10 nitrogen and oxygen atoms in total. The highest BCUT2D eigenvalue weighted by Crippen LogP contribution is 2.67. The topological polar surface area (TPSA) is 123 Å². The number of fused-ring (bicyclic) bond motifs is 4. The molecule has 6 unspecified atom stereocenters. The molecular formula is C43H31Cl2F5N2O8. The first-order chi connectivity index (χ1) is 28.5. The van der Waals surface area contributed by atoms with E-state index in [-0.39, 0.29) is 33.9 Å². The van der Waals surface area contributed by atoms with Gasteiger partial charge in [0.1, 0.15) is 28.7 Å². The lowest BCUT2D eigenvalue weighted by molar-refractivity contribution is -0.125. The Hall–Kier alpha value is -5.93. The lowest BCUT2D eigenvalue weighted by atomic mass is 9.56. The van der Waals surface area contributed by atoms with Crippen LogP contribution in [0.4, 0.5) is 33.3 Å². The second kappa shape index (κ2) is 14.7. The van der Waals surface area contributed by atoms with Crippen LogP contribution in [0.2, 0.25) is 0 Å². The van der Waals surface area contributed by atoms with Crippen molar-refractivity contribution in [2.45, 2.75) is 28.5 Å². The first kappa shape index (κ1) is 40.8. The number of methoxy groups -OCH3 is 3. The Morgan fingerprint density at radius 2 is 1.38 bits per heavy atom. The van der Waals surface area contributed by atoms with Crippen LogP contribution in [0.1, 0.15) is 35.4 Å². The van der Waals surface area contributed by atoms with E-state index >= 15 is 8.78 Å². The highest BCUT2D eigenvalue weighted by atomic mass is 35.5. The fraction of sp³-hybridized carbons (Fsp3) is 0.256. The predicted molar refractivity (Wildman–Crippen MR) is 208 cm³/mol. The molecule has 1 N–H and O–H groups in total. The van der Waals surface area contributed by atoms with Crippen LogP contribution in [0.3, 0.4) is 0 Å². The van der Waals surface area contributed by atoms with Crippen molar-refractivity contribution < 1.29 is 60.4 Å². The molecule has 1 saturated carbocycles. The number of amides is 4. The van der Waals surface area contributed by atoms with Crippen LogP contribution in [0.5, 0.6) is 23.0 Å². The normalized spacial score (nSPS) is 26.0. The van der Waals surface area contributed by atoms with Gasteiger partial charge in [0.25, 0.3) is 11.8 Å². The maximum atomic E-state index is 15.4. The number of anilines is 2. The van der Waals surface area contributed by atoms with E-state index in [2.05, 4.69) is 0 Å². The van der Waals surface area contributed by atoms with E-state index in [1.165, 1.54) is 45.6 Å². The van der Waals surface area contributed by atoms with E-state index in [4.69, 9.17) is 37.4 Å². The van der Waals surface area contributed by atoms with Gasteiger partial charge in [-0.05, 0) is 66.8 Å². The molecule has 2 heterocycles. The predicted octanol–water partition coefficient (Wildman–Crippen LogP) is 8.05. The number of hydrogen-bond acceptors (Lipinski definition) is 8. The maximum Gasteiger partial charge on any atom is 0.258 e. The standard InChI is InChI=1S/C43H31Cl2F5N2O8/c1-58-22-13-16-27(59-2)20(17-22)10-7-19-8-11-21(12-9-19)51-38(54)24-15-14-23-25(29(24)39(51)55)18-42(44)40(56)52(37-35(49)33(47)32(46)34(48)36(37)50)41(57)43(42,45)31(23)30-26(53)5-4-6-28(30)60-3/h4-14,16-17,24-25,29,31,53H,15,18H2,1-3H3. The molecule has 3 fully saturated rings. The zero-order chi connectivity index (χ0) is 43.2. The molecule has 310 valence electrons. The molecule has 4 aromatic rings. The molecule has 8 rings (SSSR count). The van der Waals surface area contributed by atoms with Crippen molar-refractivity contribution >= 4 is 70.4 Å². The Morgan fingerprint density at radius 1 is 0.733 bits per heavy atom. The first-order valence-electron chi connectivity index (χ1n) is 18.3. The van der Waals surface area contributed by atoms with Crippen molar-refractivity contribution in [2.24, 2.45) is 17.8 Å². The van der Waals surface area contributed by atoms with Gasteiger partial charge in [-0.2, -0.15) is 0 Å². The average Bonchev–Trinajstić information content (AvgIpc) is 3.59. The van der Waals surface area contributed by atoms with Gasteiger partial charge in [-0.15, -0.1) is 23.2 Å². The molecule has 0 bridgehead atoms. The number of allylic oxidation sites excluding steroid dienone is 2. The molecule has 4 aliphatic rings. The second-order valence-corrected chi connectivity index (χ2v) is 15.9. The molecule has 4 aromatic carbocycles. The second-order valence-electron chi connectivity index (χ2n) is 14.6. The summed E-state index contributed by atoms with van der Waals surface area (Å²) in [6.07, 6.45) is 4.30. The summed E-state index contributed by atoms with van der Waals surface area (Å²) in [4.78, 5) is 52.9. The summed E-state index contributed by atoms with van der Waals surface area (Å²) in [5.41, 5.74) is -0.350. The minimum atomic E-state index is -2.84. The third-order valence-electron chi connectivity index (χ3n) is 11.8. The Morgan fingerprint density at radius 3 is 2.02 bits per heavy atom. The van der Waals surface area contributed by atoms with Gasteiger partial charge in [-0.1, -0.05) is 42.0 Å². The number of aromatic hydroxyl groups is 1. The van der Waals surface area contributed by atoms with Gasteiger partial charge >= 0.3 is 0 Å². The van der Waals surface area contributed by atoms with Gasteiger partial charge in [0.05, 0.1) is 38.9 Å². The Kier molecular flexibility index (Phi) is 9.98. The lowest BCUT2D eigenvalue weighted by Crippen LogP contribution is -2.60. The fourth-order valence-corrected chi connectivity index (χ4v) is 9.95. The molecular weight excluding hydrogens is 838 g/mol. The molecule has 60 heavy (non-hydrogen) atoms. The fourth-order valence-electron chi connectivity index (χ4n) is 9.03. The maximum absolute atomic E-state index is 15.4. The zero-order valence-corrected chi connectivity index (χ0v) is 33.1. The van der Waals surface area contributed by atoms with E-state index < -0.39 is 104 Å². The third kappa shape index (κ3) is 5.65. The van der Waals surface area contributed by atoms with Crippen molar-refractivity contribution in [2.75, 3.05) is 31.1 Å². The summed E-state index contributed by atoms with van der Waals surface area (Å²) in [5.74, 6) is -21.7. The molecule has 2 aliphatic carbocycles. The largest absolute Gasteiger partial charge is 0.508 e. The minimum Gasteiger partial charge on any atom is -0.508 e. The number of alkyl halides is 2. The summed E-state index contributed by atoms with van der Waals surface area (Å²) in [5, 5.41) is 11.3. The Balaban J connectivity index is 1.21. The van der Waals surface area contributed by atoms with Crippen LogP contribution in [0, 0.1) is 46.8 Å². The van der Waals surface area contributed by atoms with E-state index in [0.717, 1.165) is 10.5 Å². The summed E-state index contributed by atoms with van der Waals surface area (Å²) in [7, 11) is 4.28. The van der Waals surface area contributed by atoms with Crippen LogP contribution in [-0.2, 0) is 19.2 Å². The molecule has 2 saturated heterocycles. The summed E-state index contributed by atoms with van der Waals surface area (Å²) >= 11 is 14.4. The van der Waals surface area contributed by atoms with E-state index in [1.807, 2.05) is 0 Å². The number of imide groups is 2. The quantitative estimate of drug-likeness (QED) is 0.0359. The number of phenols is 1. The van der Waals surface area contributed by atoms with Crippen molar-refractivity contribution in [3.63, 3.8) is 0 Å². The van der Waals surface area contributed by atoms with Crippen molar-refractivity contribution in [1.29, 1.82) is 0 Å². The van der Waals surface area contributed by atoms with Crippen LogP contribution < -0.4 is 24.0 Å². The average molecular weight is 870 g/mol. The monoisotopic (exact) mass is 868 g/mol. The van der Waals surface area contributed by atoms with Crippen molar-refractivity contribution in [3.05, 3.63) is 118 Å². The third-order valence-corrected chi connectivity index (χ3v) is 13.2. The molecule has 0 radical (unpaired) electrons. The van der Waals surface area contributed by atoms with Gasteiger partial charge in [-0.3, -0.25) is 24.1 Å². The number of nitrogens with zero attached hydrogens (tertiary/aromatic N) is 2. The van der Waals surface area contributed by atoms with Crippen LogP contribution in [-0.4, -0.2) is 59.8 Å². The van der Waals surface area contributed by atoms with Gasteiger partial charge in [0, 0.05) is 17.0 Å². The number of carbonyl (C=O) groups excluding carboxylic acids is 4. The molecule has 6 atom stereocenters. The molecule has 0 aromatic heterocycles. The number of halogens is 7. The SMILES string of the molecule is COc1ccc(OC)c(C=Cc2ccc(N3C(=O)C4CC=C5C(CC6(Cl)C(=O)N(c7c(F)c(F)c(F)c(F)c7F)C(=O)C6(Cl)C5c5c(O)cccc5OC)C4C3=O)cc2)c1.